The summed E-state index contributed by atoms with van der Waals surface area (Å²) >= 11 is 0. The maximum absolute atomic E-state index is 9.56. The number of benzene rings is 3. The predicted molar refractivity (Wildman–Crippen MR) is 267 cm³/mol. The van der Waals surface area contributed by atoms with Crippen LogP contribution in [0.1, 0.15) is 228 Å². The second kappa shape index (κ2) is 29.5. The van der Waals surface area contributed by atoms with E-state index in [0.29, 0.717) is 17.8 Å². The highest BCUT2D eigenvalue weighted by atomic mass is 14.4. The van der Waals surface area contributed by atoms with Gasteiger partial charge in [0, 0.05) is 0 Å². The molecule has 6 rings (SSSR count). The molecule has 0 bridgehead atoms. The Morgan fingerprint density at radius 3 is 0.968 bits per heavy atom. The van der Waals surface area contributed by atoms with Gasteiger partial charge in [0.1, 0.15) is 0 Å². The fourth-order valence-corrected chi connectivity index (χ4v) is 11.5. The number of hydrogen-bond donors (Lipinski definition) is 0. The average Bonchev–Trinajstić information content (AvgIpc) is 3.32. The fraction of sp³-hybridized carbons (Fsp3) is 0.650. The summed E-state index contributed by atoms with van der Waals surface area (Å²) < 4.78 is 0. The molecule has 0 spiro atoms. The highest BCUT2D eigenvalue weighted by Gasteiger charge is 2.33. The summed E-state index contributed by atoms with van der Waals surface area (Å²) in [5.41, 5.74) is 8.47. The first kappa shape index (κ1) is 51.8. The minimum Gasteiger partial charge on any atom is -0.198 e. The Labute approximate surface area is 387 Å². The van der Waals surface area contributed by atoms with Crippen LogP contribution < -0.4 is 0 Å². The quantitative estimate of drug-likeness (QED) is 0.120. The fourth-order valence-electron chi connectivity index (χ4n) is 11.5. The molecule has 342 valence electrons. The molecule has 0 N–H and O–H groups in total. The molecule has 3 aliphatic carbocycles. The number of nitrogens with zero attached hydrogens (tertiary/aromatic N) is 3. The molecule has 0 aromatic heterocycles. The van der Waals surface area contributed by atoms with Crippen LogP contribution in [0, 0.1) is 69.5 Å². The number of unbranched alkanes of at least 4 members (excludes halogenated alkanes) is 3. The van der Waals surface area contributed by atoms with Gasteiger partial charge in [-0.15, -0.1) is 0 Å². The Balaban J connectivity index is 0.000000208. The van der Waals surface area contributed by atoms with Crippen LogP contribution in [0.25, 0.3) is 0 Å². The maximum atomic E-state index is 9.56. The molecule has 3 aromatic carbocycles. The second-order valence-electron chi connectivity index (χ2n) is 20.0. The van der Waals surface area contributed by atoms with Crippen molar-refractivity contribution in [1.29, 1.82) is 15.8 Å². The van der Waals surface area contributed by atoms with Gasteiger partial charge in [-0.25, -0.2) is 0 Å². The van der Waals surface area contributed by atoms with E-state index in [1.807, 2.05) is 0 Å². The molecule has 3 saturated carbocycles. The molecule has 3 fully saturated rings. The molecule has 9 unspecified atom stereocenters. The first-order chi connectivity index (χ1) is 30.8. The van der Waals surface area contributed by atoms with Gasteiger partial charge in [-0.1, -0.05) is 179 Å². The summed E-state index contributed by atoms with van der Waals surface area (Å²) in [6.45, 7) is 13.5. The van der Waals surface area contributed by atoms with Crippen LogP contribution in [0.4, 0.5) is 0 Å². The molecule has 0 radical (unpaired) electrons. The van der Waals surface area contributed by atoms with Crippen molar-refractivity contribution in [2.45, 2.75) is 213 Å². The van der Waals surface area contributed by atoms with Crippen LogP contribution in [0.2, 0.25) is 0 Å². The summed E-state index contributed by atoms with van der Waals surface area (Å²) in [4.78, 5) is 0. The molecule has 0 saturated heterocycles. The first-order valence-electron chi connectivity index (χ1n) is 26.3. The molecular formula is C60H87N3. The van der Waals surface area contributed by atoms with Gasteiger partial charge in [0.25, 0.3) is 0 Å². The Kier molecular flexibility index (Phi) is 24.3. The van der Waals surface area contributed by atoms with Crippen molar-refractivity contribution in [1.82, 2.24) is 0 Å². The minimum absolute atomic E-state index is 0.219. The number of hydrogen-bond acceptors (Lipinski definition) is 3. The highest BCUT2D eigenvalue weighted by Crippen LogP contribution is 2.44. The van der Waals surface area contributed by atoms with Gasteiger partial charge in [0.2, 0.25) is 0 Å². The topological polar surface area (TPSA) is 71.4 Å². The molecule has 3 aromatic rings. The van der Waals surface area contributed by atoms with Crippen molar-refractivity contribution < 1.29 is 0 Å². The van der Waals surface area contributed by atoms with Crippen LogP contribution in [0.15, 0.2) is 72.8 Å². The Morgan fingerprint density at radius 1 is 0.365 bits per heavy atom. The van der Waals surface area contributed by atoms with E-state index < -0.39 is 0 Å². The average molecular weight is 850 g/mol. The molecule has 3 nitrogen and oxygen atoms in total. The van der Waals surface area contributed by atoms with Crippen LogP contribution in [0.5, 0.6) is 0 Å². The molecule has 0 heterocycles. The van der Waals surface area contributed by atoms with E-state index in [1.165, 1.54) is 162 Å². The standard InChI is InChI=1S/C21H31N.C20H29N.C19H27N/c1-3-5-6-8-17-9-12-19(13-10-17)21-14-11-18(7-4-2)15-20(21)16-22;1-3-5-7-16-8-11-18(12-9-16)20-13-10-17(6-4-2)14-19(20)15-21;1-3-5-15-7-10-17(11-8-15)19-12-9-16(6-4-2)13-18(19)14-20/h9-10,12-13,18,20-21H,3-8,11,14-15H2,1-2H3;8-9,11-12,17,19-20H,3-7,10,13-14H2,1-2H3;7-8,10-11,16,18-19H,3-6,9,12-13H2,1-2H3. The summed E-state index contributed by atoms with van der Waals surface area (Å²) in [6.07, 6.45) is 29.5. The van der Waals surface area contributed by atoms with Crippen molar-refractivity contribution in [2.75, 3.05) is 0 Å². The van der Waals surface area contributed by atoms with Gasteiger partial charge >= 0.3 is 0 Å². The predicted octanol–water partition coefficient (Wildman–Crippen LogP) is 17.6. The monoisotopic (exact) mass is 850 g/mol. The Bertz CT molecular complexity index is 1790. The zero-order valence-electron chi connectivity index (χ0n) is 40.9. The molecular weight excluding hydrogens is 763 g/mol. The van der Waals surface area contributed by atoms with Crippen molar-refractivity contribution in [2.24, 2.45) is 35.5 Å². The van der Waals surface area contributed by atoms with E-state index in [1.54, 1.807) is 0 Å². The van der Waals surface area contributed by atoms with Gasteiger partial charge < -0.3 is 0 Å². The molecule has 63 heavy (non-hydrogen) atoms. The van der Waals surface area contributed by atoms with Crippen LogP contribution in [-0.4, -0.2) is 0 Å². The first-order valence-corrected chi connectivity index (χ1v) is 26.3. The number of rotatable bonds is 18. The number of aryl methyl sites for hydroxylation is 3. The van der Waals surface area contributed by atoms with Gasteiger partial charge in [-0.05, 0) is 159 Å². The lowest BCUT2D eigenvalue weighted by Gasteiger charge is -2.32. The third kappa shape index (κ3) is 16.9. The van der Waals surface area contributed by atoms with Crippen LogP contribution >= 0.6 is 0 Å². The largest absolute Gasteiger partial charge is 0.198 e. The lowest BCUT2D eigenvalue weighted by Crippen LogP contribution is -2.22. The summed E-state index contributed by atoms with van der Waals surface area (Å²) in [5, 5.41) is 28.6. The SMILES string of the molecule is CCCCCc1ccc(C2CCC(CCC)CC2C#N)cc1.CCCCc1ccc(C2CCC(CCC)CC2C#N)cc1.CCCc1ccc(C2CCC(CCC)CC2C#N)cc1. The second-order valence-corrected chi connectivity index (χ2v) is 20.0. The molecule has 3 aliphatic rings. The maximum Gasteiger partial charge on any atom is 0.0662 e. The third-order valence-electron chi connectivity index (χ3n) is 15.1. The van der Waals surface area contributed by atoms with Crippen molar-refractivity contribution in [3.63, 3.8) is 0 Å². The molecule has 3 heteroatoms. The van der Waals surface area contributed by atoms with Crippen molar-refractivity contribution in [3.05, 3.63) is 106 Å². The van der Waals surface area contributed by atoms with Gasteiger partial charge in [0.15, 0.2) is 0 Å². The lowest BCUT2D eigenvalue weighted by molar-refractivity contribution is 0.261. The zero-order valence-corrected chi connectivity index (χ0v) is 40.9. The van der Waals surface area contributed by atoms with E-state index in [4.69, 9.17) is 0 Å². The third-order valence-corrected chi connectivity index (χ3v) is 15.1. The smallest absolute Gasteiger partial charge is 0.0662 e. The van der Waals surface area contributed by atoms with Gasteiger partial charge in [-0.2, -0.15) is 15.8 Å². The summed E-state index contributed by atoms with van der Waals surface area (Å²) in [6, 6.07) is 35.1. The van der Waals surface area contributed by atoms with Crippen molar-refractivity contribution in [3.8, 4) is 18.2 Å². The van der Waals surface area contributed by atoms with E-state index in [2.05, 4.69) is 133 Å². The zero-order chi connectivity index (χ0) is 45.2. The molecule has 0 amide bonds. The van der Waals surface area contributed by atoms with Gasteiger partial charge in [0.05, 0.1) is 36.0 Å². The summed E-state index contributed by atoms with van der Waals surface area (Å²) in [7, 11) is 0. The molecule has 9 atom stereocenters. The highest BCUT2D eigenvalue weighted by molar-refractivity contribution is 5.30. The Hall–Kier alpha value is -3.87. The summed E-state index contributed by atoms with van der Waals surface area (Å²) in [5.74, 6) is 4.37. The van der Waals surface area contributed by atoms with E-state index >= 15 is 0 Å². The van der Waals surface area contributed by atoms with Gasteiger partial charge in [-0.3, -0.25) is 0 Å². The van der Waals surface area contributed by atoms with E-state index in [0.717, 1.165) is 43.4 Å². The normalized spacial score (nSPS) is 25.5. The molecule has 0 aliphatic heterocycles. The lowest BCUT2D eigenvalue weighted by atomic mass is 9.71. The Morgan fingerprint density at radius 2 is 0.683 bits per heavy atom. The number of nitriles is 3. The van der Waals surface area contributed by atoms with Crippen LogP contribution in [0.3, 0.4) is 0 Å². The van der Waals surface area contributed by atoms with Crippen molar-refractivity contribution >= 4 is 0 Å². The van der Waals surface area contributed by atoms with E-state index in [9.17, 15) is 15.8 Å². The van der Waals surface area contributed by atoms with E-state index in [-0.39, 0.29) is 17.8 Å². The van der Waals surface area contributed by atoms with Crippen LogP contribution in [-0.2, 0) is 19.3 Å². The minimum atomic E-state index is 0.219.